The zero-order valence-corrected chi connectivity index (χ0v) is 17.0. The number of aryl methyl sites for hydroxylation is 1. The van der Waals surface area contributed by atoms with Gasteiger partial charge in [-0.15, -0.1) is 0 Å². The molecule has 0 aromatic carbocycles. The third kappa shape index (κ3) is 4.06. The minimum absolute atomic E-state index is 0.0338. The average Bonchev–Trinajstić information content (AvgIpc) is 3.38. The van der Waals surface area contributed by atoms with E-state index in [0.29, 0.717) is 5.92 Å². The number of carbonyl (C=O) groups is 1. The van der Waals surface area contributed by atoms with Crippen LogP contribution in [0.25, 0.3) is 0 Å². The number of likely N-dealkylation sites (N-methyl/N-ethyl adjacent to an activating group) is 1. The van der Waals surface area contributed by atoms with Gasteiger partial charge in [0.25, 0.3) is 0 Å². The van der Waals surface area contributed by atoms with Crippen molar-refractivity contribution in [2.45, 2.75) is 63.6 Å². The molecule has 0 spiro atoms. The van der Waals surface area contributed by atoms with Gasteiger partial charge in [0, 0.05) is 39.4 Å². The van der Waals surface area contributed by atoms with E-state index in [9.17, 15) is 4.79 Å². The maximum Gasteiger partial charge on any atom is 0.248 e. The van der Waals surface area contributed by atoms with Crippen molar-refractivity contribution in [3.63, 3.8) is 0 Å². The molecule has 6 nitrogen and oxygen atoms in total. The van der Waals surface area contributed by atoms with Gasteiger partial charge in [-0.3, -0.25) is 14.4 Å². The Balaban J connectivity index is 1.47. The van der Waals surface area contributed by atoms with E-state index in [1.807, 2.05) is 6.20 Å². The number of likely N-dealkylation sites (tertiary alicyclic amines) is 1. The van der Waals surface area contributed by atoms with Gasteiger partial charge in [-0.1, -0.05) is 12.8 Å². The summed E-state index contributed by atoms with van der Waals surface area (Å²) in [5, 5.41) is 4.59. The maximum absolute atomic E-state index is 12.1. The summed E-state index contributed by atoms with van der Waals surface area (Å²) in [6, 6.07) is 1.04. The van der Waals surface area contributed by atoms with Gasteiger partial charge in [0.2, 0.25) is 5.91 Å². The van der Waals surface area contributed by atoms with Crippen LogP contribution in [-0.4, -0.2) is 71.4 Å². The van der Waals surface area contributed by atoms with E-state index in [1.54, 1.807) is 19.0 Å². The molecule has 1 amide bonds. The Morgan fingerprint density at radius 2 is 1.93 bits per heavy atom. The van der Waals surface area contributed by atoms with Gasteiger partial charge in [-0.05, 0) is 50.0 Å². The van der Waals surface area contributed by atoms with Crippen LogP contribution < -0.4 is 0 Å². The van der Waals surface area contributed by atoms with Crippen molar-refractivity contribution in [1.29, 1.82) is 0 Å². The molecule has 27 heavy (non-hydrogen) atoms. The molecular weight excluding hydrogens is 340 g/mol. The molecule has 0 bridgehead atoms. The molecule has 0 radical (unpaired) electrons. The molecule has 2 aliphatic carbocycles. The third-order valence-electron chi connectivity index (χ3n) is 6.94. The van der Waals surface area contributed by atoms with Crippen molar-refractivity contribution >= 4 is 5.91 Å². The molecule has 6 heteroatoms. The van der Waals surface area contributed by atoms with Crippen LogP contribution in [0.2, 0.25) is 0 Å². The first-order valence-electron chi connectivity index (χ1n) is 10.6. The van der Waals surface area contributed by atoms with Crippen molar-refractivity contribution in [2.24, 2.45) is 11.8 Å². The fourth-order valence-corrected chi connectivity index (χ4v) is 5.37. The molecule has 0 N–H and O–H groups in total. The Bertz CT molecular complexity index is 652. The predicted octanol–water partition coefficient (Wildman–Crippen LogP) is 2.49. The predicted molar refractivity (Wildman–Crippen MR) is 104 cm³/mol. The Morgan fingerprint density at radius 1 is 1.22 bits per heavy atom. The summed E-state index contributed by atoms with van der Waals surface area (Å²) in [4.78, 5) is 16.4. The fourth-order valence-electron chi connectivity index (χ4n) is 5.37. The van der Waals surface area contributed by atoms with Crippen molar-refractivity contribution in [3.8, 4) is 0 Å². The van der Waals surface area contributed by atoms with Gasteiger partial charge in [-0.2, -0.15) is 5.10 Å². The zero-order chi connectivity index (χ0) is 19.0. The summed E-state index contributed by atoms with van der Waals surface area (Å²) >= 11 is 0. The Morgan fingerprint density at radius 3 is 2.56 bits per heavy atom. The molecule has 0 unspecified atom stereocenters. The lowest BCUT2D eigenvalue weighted by Gasteiger charge is -2.38. The first-order chi connectivity index (χ1) is 13.0. The smallest absolute Gasteiger partial charge is 0.248 e. The number of nitrogens with zero attached hydrogens (tertiary/aromatic N) is 4. The van der Waals surface area contributed by atoms with E-state index in [-0.39, 0.29) is 24.7 Å². The molecule has 2 saturated carbocycles. The van der Waals surface area contributed by atoms with Crippen LogP contribution >= 0.6 is 0 Å². The van der Waals surface area contributed by atoms with Gasteiger partial charge >= 0.3 is 0 Å². The minimum Gasteiger partial charge on any atom is -0.366 e. The lowest BCUT2D eigenvalue weighted by atomic mass is 9.77. The van der Waals surface area contributed by atoms with E-state index >= 15 is 0 Å². The van der Waals surface area contributed by atoms with E-state index in [1.165, 1.54) is 44.3 Å². The number of aromatic nitrogens is 2. The maximum atomic E-state index is 12.1. The summed E-state index contributed by atoms with van der Waals surface area (Å²) in [7, 11) is 3.57. The highest BCUT2D eigenvalue weighted by Gasteiger charge is 2.45. The average molecular weight is 375 g/mol. The number of carbonyl (C=O) groups excluding carboxylic acids is 1. The first-order valence-corrected chi connectivity index (χ1v) is 10.6. The second kappa shape index (κ2) is 7.92. The molecular formula is C21H34N4O2. The third-order valence-corrected chi connectivity index (χ3v) is 6.94. The summed E-state index contributed by atoms with van der Waals surface area (Å²) in [5.74, 6) is 1.45. The highest BCUT2D eigenvalue weighted by molar-refractivity contribution is 5.76. The normalized spacial score (nSPS) is 32.0. The van der Waals surface area contributed by atoms with Gasteiger partial charge in [0.15, 0.2) is 0 Å². The lowest BCUT2D eigenvalue weighted by molar-refractivity contribution is -0.138. The fraction of sp³-hybridized carbons (Fsp3) is 0.810. The van der Waals surface area contributed by atoms with Crippen molar-refractivity contribution in [1.82, 2.24) is 19.6 Å². The van der Waals surface area contributed by atoms with Crippen molar-refractivity contribution in [3.05, 3.63) is 18.0 Å². The molecule has 4 rings (SSSR count). The second-order valence-electron chi connectivity index (χ2n) is 9.09. The summed E-state index contributed by atoms with van der Waals surface area (Å²) in [5.41, 5.74) is 1.18. The van der Waals surface area contributed by atoms with Crippen LogP contribution in [0.5, 0.6) is 0 Å². The van der Waals surface area contributed by atoms with Crippen LogP contribution in [0.1, 0.15) is 50.1 Å². The molecule has 1 saturated heterocycles. The van der Waals surface area contributed by atoms with Crippen molar-refractivity contribution < 1.29 is 9.53 Å². The van der Waals surface area contributed by atoms with Crippen LogP contribution in [0.3, 0.4) is 0 Å². The lowest BCUT2D eigenvalue weighted by Crippen LogP contribution is -2.40. The van der Waals surface area contributed by atoms with Crippen LogP contribution in [0, 0.1) is 18.8 Å². The minimum atomic E-state index is 0.0338. The number of amides is 1. The summed E-state index contributed by atoms with van der Waals surface area (Å²) in [6.45, 7) is 4.69. The van der Waals surface area contributed by atoms with Gasteiger partial charge < -0.3 is 9.64 Å². The molecule has 3 fully saturated rings. The quantitative estimate of drug-likeness (QED) is 0.795. The van der Waals surface area contributed by atoms with E-state index < -0.39 is 0 Å². The summed E-state index contributed by atoms with van der Waals surface area (Å²) in [6.07, 6.45) is 11.8. The highest BCUT2D eigenvalue weighted by Crippen LogP contribution is 2.44. The molecule has 1 aromatic rings. The van der Waals surface area contributed by atoms with Crippen molar-refractivity contribution in [2.75, 3.05) is 33.8 Å². The standard InChI is InChI=1S/C21H34N4O2/c1-15-10-22-25(11-15)19-8-16-12-24(18-6-4-5-7-18)13-17(16)9-20(19)27-14-21(26)23(2)3/h10-11,16-20H,4-9,12-14H2,1-3H3/t16-,17+,19-,20-/m0/s1. The Labute approximate surface area is 162 Å². The highest BCUT2D eigenvalue weighted by atomic mass is 16.5. The monoisotopic (exact) mass is 374 g/mol. The topological polar surface area (TPSA) is 50.6 Å². The first kappa shape index (κ1) is 18.9. The largest absolute Gasteiger partial charge is 0.366 e. The number of fused-ring (bicyclic) bond motifs is 1. The van der Waals surface area contributed by atoms with Gasteiger partial charge in [-0.25, -0.2) is 0 Å². The molecule has 2 heterocycles. The zero-order valence-electron chi connectivity index (χ0n) is 17.0. The van der Waals surface area contributed by atoms with Gasteiger partial charge in [0.05, 0.1) is 18.3 Å². The van der Waals surface area contributed by atoms with Crippen LogP contribution in [0.15, 0.2) is 12.4 Å². The number of hydrogen-bond donors (Lipinski definition) is 0. The van der Waals surface area contributed by atoms with E-state index in [4.69, 9.17) is 4.74 Å². The van der Waals surface area contributed by atoms with Gasteiger partial charge in [0.1, 0.15) is 6.61 Å². The summed E-state index contributed by atoms with van der Waals surface area (Å²) < 4.78 is 8.27. The molecule has 1 aromatic heterocycles. The Kier molecular flexibility index (Phi) is 5.55. The number of rotatable bonds is 5. The second-order valence-corrected chi connectivity index (χ2v) is 9.09. The molecule has 150 valence electrons. The van der Waals surface area contributed by atoms with Crippen LogP contribution in [0.4, 0.5) is 0 Å². The SMILES string of the molecule is Cc1cnn([C@H]2C[C@H]3CN(C4CCCC4)C[C@H]3C[C@@H]2OCC(=O)N(C)C)c1. The van der Waals surface area contributed by atoms with Crippen LogP contribution in [-0.2, 0) is 9.53 Å². The molecule has 1 aliphatic heterocycles. The number of hydrogen-bond acceptors (Lipinski definition) is 4. The van der Waals surface area contributed by atoms with E-state index in [0.717, 1.165) is 24.8 Å². The van der Waals surface area contributed by atoms with E-state index in [2.05, 4.69) is 27.8 Å². The molecule has 4 atom stereocenters. The Hall–Kier alpha value is -1.40. The number of ether oxygens (including phenoxy) is 1. The molecule has 3 aliphatic rings.